The van der Waals surface area contributed by atoms with Gasteiger partial charge in [0.05, 0.1) is 0 Å². The minimum absolute atomic E-state index is 0.563. The van der Waals surface area contributed by atoms with Crippen molar-refractivity contribution >= 4 is 16.7 Å². The summed E-state index contributed by atoms with van der Waals surface area (Å²) in [5.41, 5.74) is 1.09. The minimum Gasteiger partial charge on any atom is -0.347 e. The smallest absolute Gasteiger partial charge is 0.205 e. The Hall–Kier alpha value is -1.46. The number of likely N-dealkylation sites (tertiary alicyclic amines) is 1. The van der Waals surface area contributed by atoms with E-state index in [-0.39, 0.29) is 0 Å². The number of aromatic nitrogens is 2. The Morgan fingerprint density at radius 3 is 2.76 bits per heavy atom. The predicted octanol–water partition coefficient (Wildman–Crippen LogP) is 3.12. The molecule has 1 aromatic heterocycles. The van der Waals surface area contributed by atoms with Crippen molar-refractivity contribution in [3.63, 3.8) is 0 Å². The Labute approximate surface area is 130 Å². The zero-order chi connectivity index (χ0) is 14.8. The molecule has 112 valence electrons. The number of rotatable bonds is 3. The van der Waals surface area contributed by atoms with E-state index < -0.39 is 0 Å². The maximum absolute atomic E-state index is 4.72. The number of nitrogens with zero attached hydrogens (tertiary/aromatic N) is 4. The second-order valence-corrected chi connectivity index (χ2v) is 6.62. The first-order valence-corrected chi connectivity index (χ1v) is 8.24. The molecule has 21 heavy (non-hydrogen) atoms. The van der Waals surface area contributed by atoms with Crippen molar-refractivity contribution < 1.29 is 0 Å². The van der Waals surface area contributed by atoms with Crippen LogP contribution in [0.5, 0.6) is 0 Å². The maximum Gasteiger partial charge on any atom is 0.205 e. The van der Waals surface area contributed by atoms with E-state index in [0.717, 1.165) is 23.1 Å². The SMILES string of the molecule is CC1CC(N(C)c2nc(-c3ccccc3)ns2)CCN1C. The van der Waals surface area contributed by atoms with Crippen LogP contribution in [0.2, 0.25) is 0 Å². The van der Waals surface area contributed by atoms with Crippen molar-refractivity contribution in [1.29, 1.82) is 0 Å². The van der Waals surface area contributed by atoms with Gasteiger partial charge in [0.1, 0.15) is 0 Å². The van der Waals surface area contributed by atoms with E-state index in [2.05, 4.69) is 47.3 Å². The molecule has 0 spiro atoms. The predicted molar refractivity (Wildman–Crippen MR) is 88.9 cm³/mol. The molecule has 4 nitrogen and oxygen atoms in total. The number of hydrogen-bond donors (Lipinski definition) is 0. The molecule has 0 N–H and O–H groups in total. The van der Waals surface area contributed by atoms with Gasteiger partial charge in [-0.15, -0.1) is 0 Å². The molecule has 0 bridgehead atoms. The lowest BCUT2D eigenvalue weighted by Gasteiger charge is -2.39. The van der Waals surface area contributed by atoms with Crippen LogP contribution >= 0.6 is 11.5 Å². The summed E-state index contributed by atoms with van der Waals surface area (Å²) in [7, 11) is 4.36. The molecule has 1 aliphatic rings. The van der Waals surface area contributed by atoms with Gasteiger partial charge < -0.3 is 9.80 Å². The summed E-state index contributed by atoms with van der Waals surface area (Å²) in [6.07, 6.45) is 2.38. The van der Waals surface area contributed by atoms with Crippen molar-refractivity contribution in [2.45, 2.75) is 31.8 Å². The van der Waals surface area contributed by atoms with Crippen LogP contribution in [0.1, 0.15) is 19.8 Å². The van der Waals surface area contributed by atoms with Gasteiger partial charge in [0.15, 0.2) is 5.82 Å². The lowest BCUT2D eigenvalue weighted by Crippen LogP contribution is -2.46. The fourth-order valence-corrected chi connectivity index (χ4v) is 3.56. The normalized spacial score (nSPS) is 23.2. The first kappa shape index (κ1) is 14.5. The average molecular weight is 302 g/mol. The Morgan fingerprint density at radius 2 is 2.05 bits per heavy atom. The summed E-state index contributed by atoms with van der Waals surface area (Å²) < 4.78 is 4.51. The highest BCUT2D eigenvalue weighted by Crippen LogP contribution is 2.28. The molecule has 1 aliphatic heterocycles. The molecule has 5 heteroatoms. The highest BCUT2D eigenvalue weighted by atomic mass is 32.1. The van der Waals surface area contributed by atoms with Gasteiger partial charge in [-0.1, -0.05) is 30.3 Å². The van der Waals surface area contributed by atoms with Crippen LogP contribution in [0.3, 0.4) is 0 Å². The Bertz CT molecular complexity index is 583. The second kappa shape index (κ2) is 6.12. The fourth-order valence-electron chi connectivity index (χ4n) is 2.84. The van der Waals surface area contributed by atoms with E-state index in [9.17, 15) is 0 Å². The lowest BCUT2D eigenvalue weighted by molar-refractivity contribution is 0.181. The van der Waals surface area contributed by atoms with Gasteiger partial charge >= 0.3 is 0 Å². The second-order valence-electron chi connectivity index (χ2n) is 5.89. The lowest BCUT2D eigenvalue weighted by atomic mass is 9.98. The van der Waals surface area contributed by atoms with Crippen LogP contribution in [0.15, 0.2) is 30.3 Å². The molecule has 1 fully saturated rings. The van der Waals surface area contributed by atoms with Gasteiger partial charge in [0, 0.05) is 42.8 Å². The minimum atomic E-state index is 0.563. The molecule has 2 atom stereocenters. The van der Waals surface area contributed by atoms with Gasteiger partial charge in [0.25, 0.3) is 0 Å². The van der Waals surface area contributed by atoms with Crippen molar-refractivity contribution in [1.82, 2.24) is 14.3 Å². The van der Waals surface area contributed by atoms with Gasteiger partial charge in [-0.2, -0.15) is 9.36 Å². The van der Waals surface area contributed by atoms with Crippen molar-refractivity contribution in [2.75, 3.05) is 25.5 Å². The number of benzene rings is 1. The number of hydrogen-bond acceptors (Lipinski definition) is 5. The summed E-state index contributed by atoms with van der Waals surface area (Å²) >= 11 is 1.50. The summed E-state index contributed by atoms with van der Waals surface area (Å²) in [5, 5.41) is 1.02. The van der Waals surface area contributed by atoms with E-state index in [1.54, 1.807) is 0 Å². The zero-order valence-corrected chi connectivity index (χ0v) is 13.7. The summed E-state index contributed by atoms with van der Waals surface area (Å²) in [6.45, 7) is 3.45. The average Bonchev–Trinajstić information content (AvgIpc) is 3.00. The quantitative estimate of drug-likeness (QED) is 0.872. The molecule has 0 amide bonds. The number of anilines is 1. The Morgan fingerprint density at radius 1 is 1.29 bits per heavy atom. The topological polar surface area (TPSA) is 32.3 Å². The summed E-state index contributed by atoms with van der Waals surface area (Å²) in [4.78, 5) is 9.46. The largest absolute Gasteiger partial charge is 0.347 e. The first-order chi connectivity index (χ1) is 10.1. The molecule has 2 unspecified atom stereocenters. The molecule has 2 heterocycles. The molecular weight excluding hydrogens is 280 g/mol. The van der Waals surface area contributed by atoms with Crippen LogP contribution in [-0.2, 0) is 0 Å². The van der Waals surface area contributed by atoms with Gasteiger partial charge in [0.2, 0.25) is 5.13 Å². The van der Waals surface area contributed by atoms with Crippen LogP contribution in [0.4, 0.5) is 5.13 Å². The Kier molecular flexibility index (Phi) is 4.22. The summed E-state index contributed by atoms with van der Waals surface area (Å²) in [5.74, 6) is 0.837. The highest BCUT2D eigenvalue weighted by molar-refractivity contribution is 7.09. The van der Waals surface area contributed by atoms with Crippen LogP contribution in [0.25, 0.3) is 11.4 Å². The van der Waals surface area contributed by atoms with Gasteiger partial charge in [-0.05, 0) is 26.8 Å². The molecule has 1 saturated heterocycles. The monoisotopic (exact) mass is 302 g/mol. The van der Waals surface area contributed by atoms with Gasteiger partial charge in [-0.25, -0.2) is 0 Å². The fraction of sp³-hybridized carbons (Fsp3) is 0.500. The van der Waals surface area contributed by atoms with Crippen LogP contribution in [-0.4, -0.2) is 47.0 Å². The standard InChI is InChI=1S/C16H22N4S/c1-12-11-14(9-10-19(12)2)20(3)16-17-15(18-21-16)13-7-5-4-6-8-13/h4-8,12,14H,9-11H2,1-3H3. The molecule has 0 saturated carbocycles. The van der Waals surface area contributed by atoms with Crippen molar-refractivity contribution in [3.8, 4) is 11.4 Å². The van der Waals surface area contributed by atoms with Crippen molar-refractivity contribution in [3.05, 3.63) is 30.3 Å². The molecular formula is C16H22N4S. The molecule has 2 aromatic rings. The van der Waals surface area contributed by atoms with E-state index in [1.165, 1.54) is 24.4 Å². The Balaban J connectivity index is 1.74. The van der Waals surface area contributed by atoms with E-state index in [4.69, 9.17) is 4.98 Å². The van der Waals surface area contributed by atoms with Gasteiger partial charge in [-0.3, -0.25) is 0 Å². The molecule has 0 aliphatic carbocycles. The molecule has 1 aromatic carbocycles. The summed E-state index contributed by atoms with van der Waals surface area (Å²) in [6, 6.07) is 11.4. The van der Waals surface area contributed by atoms with E-state index in [0.29, 0.717) is 12.1 Å². The third kappa shape index (κ3) is 3.09. The zero-order valence-electron chi connectivity index (χ0n) is 12.9. The maximum atomic E-state index is 4.72. The van der Waals surface area contributed by atoms with Crippen LogP contribution in [0, 0.1) is 0 Å². The third-order valence-corrected chi connectivity index (χ3v) is 5.28. The molecule has 3 rings (SSSR count). The number of piperidine rings is 1. The van der Waals surface area contributed by atoms with Crippen LogP contribution < -0.4 is 4.90 Å². The third-order valence-electron chi connectivity index (χ3n) is 4.48. The highest BCUT2D eigenvalue weighted by Gasteiger charge is 2.27. The first-order valence-electron chi connectivity index (χ1n) is 7.47. The molecule has 0 radical (unpaired) electrons. The van der Waals surface area contributed by atoms with E-state index in [1.807, 2.05) is 18.2 Å². The van der Waals surface area contributed by atoms with E-state index >= 15 is 0 Å². The van der Waals surface area contributed by atoms with Crippen molar-refractivity contribution in [2.24, 2.45) is 0 Å².